The number of hydrogen-bond acceptors (Lipinski definition) is 6. The molecule has 0 aliphatic heterocycles. The van der Waals surface area contributed by atoms with Crippen molar-refractivity contribution in [3.8, 4) is 5.75 Å². The first-order valence-electron chi connectivity index (χ1n) is 7.40. The molecule has 0 aromatic heterocycles. The lowest BCUT2D eigenvalue weighted by Gasteiger charge is -2.21. The fraction of sp³-hybridized carbons (Fsp3) is 0.222. The van der Waals surface area contributed by atoms with Gasteiger partial charge in [0.2, 0.25) is 0 Å². The highest BCUT2D eigenvalue weighted by atomic mass is 35.5. The quantitative estimate of drug-likeness (QED) is 0.590. The lowest BCUT2D eigenvalue weighted by atomic mass is 9.94. The van der Waals surface area contributed by atoms with Crippen molar-refractivity contribution in [3.63, 3.8) is 0 Å². The molecule has 6 nitrogen and oxygen atoms in total. The van der Waals surface area contributed by atoms with Gasteiger partial charge in [-0.25, -0.2) is 4.79 Å². The van der Waals surface area contributed by atoms with Gasteiger partial charge in [-0.1, -0.05) is 24.3 Å². The molecule has 0 heterocycles. The Hall–Kier alpha value is -2.12. The van der Waals surface area contributed by atoms with Gasteiger partial charge in [0.05, 0.1) is 12.7 Å². The third kappa shape index (κ3) is 6.00. The predicted octanol–water partition coefficient (Wildman–Crippen LogP) is 2.94. The summed E-state index contributed by atoms with van der Waals surface area (Å²) in [7, 11) is 1.33. The molecule has 0 aliphatic rings. The molecule has 0 radical (unpaired) electrons. The Bertz CT molecular complexity index is 721. The van der Waals surface area contributed by atoms with Gasteiger partial charge in [-0.05, 0) is 35.4 Å². The maximum absolute atomic E-state index is 11.4. The number of hydrogen-bond donors (Lipinski definition) is 2. The molecule has 26 heavy (non-hydrogen) atoms. The van der Waals surface area contributed by atoms with Crippen molar-refractivity contribution in [2.24, 2.45) is 11.5 Å². The van der Waals surface area contributed by atoms with Gasteiger partial charge >= 0.3 is 11.9 Å². The first-order chi connectivity index (χ1) is 11.4. The lowest BCUT2D eigenvalue weighted by Crippen LogP contribution is -2.26. The summed E-state index contributed by atoms with van der Waals surface area (Å²) >= 11 is 0. The Balaban J connectivity index is 0.00000312. The van der Waals surface area contributed by atoms with Crippen molar-refractivity contribution >= 4 is 36.8 Å². The zero-order valence-electron chi connectivity index (χ0n) is 14.4. The second-order valence-corrected chi connectivity index (χ2v) is 5.33. The monoisotopic (exact) mass is 400 g/mol. The van der Waals surface area contributed by atoms with Crippen molar-refractivity contribution in [2.45, 2.75) is 19.0 Å². The Kier molecular flexibility index (Phi) is 9.90. The first-order valence-corrected chi connectivity index (χ1v) is 7.40. The minimum absolute atomic E-state index is 0. The van der Waals surface area contributed by atoms with Gasteiger partial charge in [-0.3, -0.25) is 4.79 Å². The first kappa shape index (κ1) is 23.9. The minimum atomic E-state index is -0.448. The lowest BCUT2D eigenvalue weighted by molar-refractivity contribution is -0.131. The van der Waals surface area contributed by atoms with Crippen LogP contribution in [0.25, 0.3) is 0 Å². The van der Waals surface area contributed by atoms with E-state index in [0.717, 1.165) is 11.1 Å². The van der Waals surface area contributed by atoms with Crippen molar-refractivity contribution in [3.05, 3.63) is 65.2 Å². The highest BCUT2D eigenvalue weighted by Gasteiger charge is 2.18. The van der Waals surface area contributed by atoms with E-state index in [2.05, 4.69) is 4.74 Å². The molecule has 0 fully saturated rings. The SMILES string of the molecule is COC(=O)c1ccc([C@H](N)[C@@H](N)c2ccc(OC(C)=O)cc2)cc1.Cl.Cl. The van der Waals surface area contributed by atoms with Crippen LogP contribution < -0.4 is 16.2 Å². The zero-order valence-corrected chi connectivity index (χ0v) is 16.0. The molecule has 2 rings (SSSR count). The fourth-order valence-electron chi connectivity index (χ4n) is 2.30. The molecular weight excluding hydrogens is 379 g/mol. The van der Waals surface area contributed by atoms with Crippen molar-refractivity contribution in [1.29, 1.82) is 0 Å². The summed E-state index contributed by atoms with van der Waals surface area (Å²) in [5.41, 5.74) is 14.5. The normalized spacial score (nSPS) is 12.0. The van der Waals surface area contributed by atoms with Gasteiger partial charge in [-0.15, -0.1) is 24.8 Å². The van der Waals surface area contributed by atoms with E-state index < -0.39 is 18.1 Å². The van der Waals surface area contributed by atoms with E-state index in [-0.39, 0.29) is 30.8 Å². The molecule has 4 N–H and O–H groups in total. The van der Waals surface area contributed by atoms with E-state index in [9.17, 15) is 9.59 Å². The Morgan fingerprint density at radius 2 is 1.27 bits per heavy atom. The molecule has 0 saturated carbocycles. The third-order valence-corrected chi connectivity index (χ3v) is 3.63. The van der Waals surface area contributed by atoms with Crippen LogP contribution in [0.4, 0.5) is 0 Å². The largest absolute Gasteiger partial charge is 0.465 e. The molecule has 142 valence electrons. The average Bonchev–Trinajstić information content (AvgIpc) is 2.60. The van der Waals surface area contributed by atoms with Gasteiger partial charge in [0.15, 0.2) is 0 Å². The molecule has 2 aromatic carbocycles. The van der Waals surface area contributed by atoms with E-state index in [1.807, 2.05) is 0 Å². The predicted molar refractivity (Wildman–Crippen MR) is 104 cm³/mol. The number of benzene rings is 2. The molecule has 2 atom stereocenters. The van der Waals surface area contributed by atoms with E-state index in [0.29, 0.717) is 11.3 Å². The van der Waals surface area contributed by atoms with Crippen LogP contribution in [0.5, 0.6) is 5.75 Å². The smallest absolute Gasteiger partial charge is 0.337 e. The van der Waals surface area contributed by atoms with E-state index in [1.165, 1.54) is 14.0 Å². The van der Waals surface area contributed by atoms with Gasteiger partial charge in [0.25, 0.3) is 0 Å². The number of carbonyl (C=O) groups is 2. The van der Waals surface area contributed by atoms with Crippen LogP contribution in [0.2, 0.25) is 0 Å². The molecule has 2 aromatic rings. The van der Waals surface area contributed by atoms with E-state index >= 15 is 0 Å². The maximum atomic E-state index is 11.4. The Labute approximate surface area is 164 Å². The number of rotatable bonds is 5. The number of methoxy groups -OCH3 is 1. The third-order valence-electron chi connectivity index (χ3n) is 3.63. The summed E-state index contributed by atoms with van der Waals surface area (Å²) in [4.78, 5) is 22.4. The number of ether oxygens (including phenoxy) is 2. The van der Waals surface area contributed by atoms with Crippen LogP contribution in [0, 0.1) is 0 Å². The fourth-order valence-corrected chi connectivity index (χ4v) is 2.30. The van der Waals surface area contributed by atoms with Crippen molar-refractivity contribution < 1.29 is 19.1 Å². The van der Waals surface area contributed by atoms with Crippen LogP contribution >= 0.6 is 24.8 Å². The van der Waals surface area contributed by atoms with Gasteiger partial charge < -0.3 is 20.9 Å². The highest BCUT2D eigenvalue weighted by molar-refractivity contribution is 5.89. The number of nitrogens with two attached hydrogens (primary N) is 2. The molecule has 0 bridgehead atoms. The number of esters is 2. The number of halogens is 2. The van der Waals surface area contributed by atoms with Gasteiger partial charge in [-0.2, -0.15) is 0 Å². The minimum Gasteiger partial charge on any atom is -0.465 e. The van der Waals surface area contributed by atoms with Crippen LogP contribution in [-0.4, -0.2) is 19.0 Å². The van der Waals surface area contributed by atoms with Gasteiger partial charge in [0, 0.05) is 19.0 Å². The molecular formula is C18H22Cl2N2O4. The molecule has 8 heteroatoms. The molecule has 0 spiro atoms. The average molecular weight is 401 g/mol. The Morgan fingerprint density at radius 1 is 0.846 bits per heavy atom. The summed E-state index contributed by atoms with van der Waals surface area (Å²) in [5.74, 6) is -0.329. The van der Waals surface area contributed by atoms with Crippen molar-refractivity contribution in [2.75, 3.05) is 7.11 Å². The summed E-state index contributed by atoms with van der Waals surface area (Å²) < 4.78 is 9.65. The van der Waals surface area contributed by atoms with Crippen molar-refractivity contribution in [1.82, 2.24) is 0 Å². The summed E-state index contributed by atoms with van der Waals surface area (Å²) in [6, 6.07) is 12.8. The topological polar surface area (TPSA) is 105 Å². The molecule has 0 amide bonds. The van der Waals surface area contributed by atoms with Crippen LogP contribution in [-0.2, 0) is 9.53 Å². The summed E-state index contributed by atoms with van der Waals surface area (Å²) in [6.07, 6.45) is 0. The van der Waals surface area contributed by atoms with E-state index in [4.69, 9.17) is 16.2 Å². The number of carbonyl (C=O) groups excluding carboxylic acids is 2. The highest BCUT2D eigenvalue weighted by Crippen LogP contribution is 2.26. The standard InChI is InChI=1S/C18H20N2O4.2ClH/c1-11(21)24-15-9-7-13(8-10-15)17(20)16(19)12-3-5-14(6-4-12)18(22)23-2;;/h3-10,16-17H,19-20H2,1-2H3;2*1H/t16-,17-;;/m0../s1. The molecule has 0 saturated heterocycles. The second-order valence-electron chi connectivity index (χ2n) is 5.33. The van der Waals surface area contributed by atoms with Crippen LogP contribution in [0.15, 0.2) is 48.5 Å². The summed E-state index contributed by atoms with van der Waals surface area (Å²) in [5, 5.41) is 0. The van der Waals surface area contributed by atoms with Gasteiger partial charge in [0.1, 0.15) is 5.75 Å². The van der Waals surface area contributed by atoms with Crippen LogP contribution in [0.1, 0.15) is 40.5 Å². The maximum Gasteiger partial charge on any atom is 0.337 e. The Morgan fingerprint density at radius 3 is 1.65 bits per heavy atom. The molecule has 0 unspecified atom stereocenters. The second kappa shape index (κ2) is 10.8. The molecule has 0 aliphatic carbocycles. The summed E-state index contributed by atoms with van der Waals surface area (Å²) in [6.45, 7) is 1.34. The zero-order chi connectivity index (χ0) is 17.7. The van der Waals surface area contributed by atoms with E-state index in [1.54, 1.807) is 48.5 Å². The van der Waals surface area contributed by atoms with Crippen LogP contribution in [0.3, 0.4) is 0 Å².